The van der Waals surface area contributed by atoms with Gasteiger partial charge in [0.25, 0.3) is 0 Å². The van der Waals surface area contributed by atoms with Gasteiger partial charge in [0.15, 0.2) is 0 Å². The van der Waals surface area contributed by atoms with Crippen molar-refractivity contribution in [2.75, 3.05) is 0 Å². The zero-order valence-corrected chi connectivity index (χ0v) is 10.5. The molecule has 86 valence electrons. The summed E-state index contributed by atoms with van der Waals surface area (Å²) >= 11 is 6.07. The van der Waals surface area contributed by atoms with Crippen LogP contribution in [0.1, 0.15) is 28.3 Å². The van der Waals surface area contributed by atoms with Gasteiger partial charge in [0.05, 0.1) is 6.04 Å². The summed E-state index contributed by atoms with van der Waals surface area (Å²) in [5.41, 5.74) is 5.25. The molecule has 2 aromatic rings. The Morgan fingerprint density at radius 3 is 2.65 bits per heavy atom. The lowest BCUT2D eigenvalue weighted by Crippen LogP contribution is -2.13. The Hall–Kier alpha value is -1.31. The number of halogens is 1. The van der Waals surface area contributed by atoms with Gasteiger partial charge in [-0.15, -0.1) is 0 Å². The highest BCUT2D eigenvalue weighted by atomic mass is 35.5. The van der Waals surface area contributed by atoms with Crippen LogP contribution >= 0.6 is 11.6 Å². The zero-order valence-electron chi connectivity index (χ0n) is 9.70. The molecule has 0 saturated heterocycles. The number of rotatable bonds is 1. The molecule has 1 aliphatic rings. The van der Waals surface area contributed by atoms with Crippen LogP contribution in [0.3, 0.4) is 0 Å². The van der Waals surface area contributed by atoms with Gasteiger partial charge in [-0.2, -0.15) is 0 Å². The number of hydrogen-bond acceptors (Lipinski definition) is 1. The standard InChI is InChI=1S/C15H14ClN/c1-10-2-4-11(5-3-10)15-14-8-13(16)7-6-12(14)9-17-15/h2-8,15,17H,9H2,1H3. The summed E-state index contributed by atoms with van der Waals surface area (Å²) in [6.07, 6.45) is 0. The second-order valence-electron chi connectivity index (χ2n) is 4.57. The van der Waals surface area contributed by atoms with Crippen molar-refractivity contribution in [3.05, 3.63) is 69.7 Å². The maximum absolute atomic E-state index is 6.07. The van der Waals surface area contributed by atoms with E-state index in [9.17, 15) is 0 Å². The molecule has 2 aromatic carbocycles. The molecule has 1 heterocycles. The Morgan fingerprint density at radius 1 is 1.12 bits per heavy atom. The van der Waals surface area contributed by atoms with Crippen LogP contribution < -0.4 is 5.32 Å². The minimum atomic E-state index is 0.282. The zero-order chi connectivity index (χ0) is 11.8. The number of fused-ring (bicyclic) bond motifs is 1. The van der Waals surface area contributed by atoms with Gasteiger partial charge >= 0.3 is 0 Å². The summed E-state index contributed by atoms with van der Waals surface area (Å²) in [4.78, 5) is 0. The van der Waals surface area contributed by atoms with E-state index in [1.54, 1.807) is 0 Å². The first-order valence-corrected chi connectivity index (χ1v) is 6.20. The van der Waals surface area contributed by atoms with E-state index in [0.717, 1.165) is 11.6 Å². The maximum atomic E-state index is 6.07. The van der Waals surface area contributed by atoms with Crippen LogP contribution in [-0.4, -0.2) is 0 Å². The van der Waals surface area contributed by atoms with Crippen molar-refractivity contribution < 1.29 is 0 Å². The number of benzene rings is 2. The van der Waals surface area contributed by atoms with Gasteiger partial charge in [-0.05, 0) is 35.7 Å². The topological polar surface area (TPSA) is 12.0 Å². The van der Waals surface area contributed by atoms with Gasteiger partial charge in [-0.1, -0.05) is 47.5 Å². The predicted molar refractivity (Wildman–Crippen MR) is 71.3 cm³/mol. The first-order chi connectivity index (χ1) is 8.24. The fraction of sp³-hybridized carbons (Fsp3) is 0.200. The first kappa shape index (κ1) is 10.8. The molecule has 1 nitrogen and oxygen atoms in total. The fourth-order valence-electron chi connectivity index (χ4n) is 2.37. The molecule has 0 spiro atoms. The van der Waals surface area contributed by atoms with Crippen LogP contribution in [0, 0.1) is 6.92 Å². The number of nitrogens with one attached hydrogen (secondary N) is 1. The van der Waals surface area contributed by atoms with Gasteiger partial charge in [0.1, 0.15) is 0 Å². The highest BCUT2D eigenvalue weighted by molar-refractivity contribution is 6.30. The van der Waals surface area contributed by atoms with Gasteiger partial charge in [-0.3, -0.25) is 0 Å². The fourth-order valence-corrected chi connectivity index (χ4v) is 2.55. The lowest BCUT2D eigenvalue weighted by molar-refractivity contribution is 0.667. The molecule has 0 saturated carbocycles. The third-order valence-electron chi connectivity index (χ3n) is 3.33. The van der Waals surface area contributed by atoms with E-state index in [1.807, 2.05) is 6.07 Å². The summed E-state index contributed by atoms with van der Waals surface area (Å²) in [6.45, 7) is 3.03. The summed E-state index contributed by atoms with van der Waals surface area (Å²) in [6, 6.07) is 15.1. The van der Waals surface area contributed by atoms with E-state index in [1.165, 1.54) is 22.3 Å². The Bertz CT molecular complexity index is 545. The molecule has 0 amide bonds. The van der Waals surface area contributed by atoms with Crippen molar-refractivity contribution in [2.24, 2.45) is 0 Å². The monoisotopic (exact) mass is 243 g/mol. The van der Waals surface area contributed by atoms with Crippen LogP contribution in [0.25, 0.3) is 0 Å². The molecule has 2 heteroatoms. The molecule has 1 unspecified atom stereocenters. The van der Waals surface area contributed by atoms with E-state index < -0.39 is 0 Å². The van der Waals surface area contributed by atoms with Crippen molar-refractivity contribution in [3.8, 4) is 0 Å². The van der Waals surface area contributed by atoms with Crippen LogP contribution in [0.2, 0.25) is 5.02 Å². The molecular formula is C15H14ClN. The first-order valence-electron chi connectivity index (χ1n) is 5.82. The maximum Gasteiger partial charge on any atom is 0.0583 e. The quantitative estimate of drug-likeness (QED) is 0.803. The SMILES string of the molecule is Cc1ccc(C2NCc3ccc(Cl)cc32)cc1. The molecule has 0 radical (unpaired) electrons. The third kappa shape index (κ3) is 1.97. The van der Waals surface area contributed by atoms with Crippen LogP contribution in [-0.2, 0) is 6.54 Å². The molecule has 0 bridgehead atoms. The van der Waals surface area contributed by atoms with Gasteiger partial charge in [-0.25, -0.2) is 0 Å². The lowest BCUT2D eigenvalue weighted by atomic mass is 9.98. The summed E-state index contributed by atoms with van der Waals surface area (Å²) < 4.78 is 0. The summed E-state index contributed by atoms with van der Waals surface area (Å²) in [5, 5.41) is 4.34. The smallest absolute Gasteiger partial charge is 0.0583 e. The van der Waals surface area contributed by atoms with E-state index in [0.29, 0.717) is 0 Å². The highest BCUT2D eigenvalue weighted by Gasteiger charge is 2.23. The normalized spacial score (nSPS) is 18.1. The summed E-state index contributed by atoms with van der Waals surface area (Å²) in [7, 11) is 0. The Balaban J connectivity index is 2.03. The van der Waals surface area contributed by atoms with E-state index in [4.69, 9.17) is 11.6 Å². The Kier molecular flexibility index (Phi) is 2.65. The number of aryl methyl sites for hydroxylation is 1. The largest absolute Gasteiger partial charge is 0.302 e. The van der Waals surface area contributed by atoms with E-state index >= 15 is 0 Å². The highest BCUT2D eigenvalue weighted by Crippen LogP contribution is 2.32. The molecule has 1 atom stereocenters. The molecule has 1 N–H and O–H groups in total. The Labute approximate surface area is 106 Å². The average molecular weight is 244 g/mol. The third-order valence-corrected chi connectivity index (χ3v) is 3.56. The van der Waals surface area contributed by atoms with Crippen LogP contribution in [0.15, 0.2) is 42.5 Å². The predicted octanol–water partition coefficient (Wildman–Crippen LogP) is 3.84. The van der Waals surface area contributed by atoms with Crippen molar-refractivity contribution >= 4 is 11.6 Å². The van der Waals surface area contributed by atoms with Gasteiger partial charge in [0.2, 0.25) is 0 Å². The van der Waals surface area contributed by atoms with E-state index in [-0.39, 0.29) is 6.04 Å². The van der Waals surface area contributed by atoms with Crippen molar-refractivity contribution in [2.45, 2.75) is 19.5 Å². The molecule has 3 rings (SSSR count). The van der Waals surface area contributed by atoms with Gasteiger partial charge in [0, 0.05) is 11.6 Å². The van der Waals surface area contributed by atoms with Gasteiger partial charge < -0.3 is 5.32 Å². The number of hydrogen-bond donors (Lipinski definition) is 1. The average Bonchev–Trinajstić information content (AvgIpc) is 2.73. The van der Waals surface area contributed by atoms with Crippen molar-refractivity contribution in [1.82, 2.24) is 5.32 Å². The molecule has 0 aliphatic carbocycles. The second kappa shape index (κ2) is 4.17. The molecule has 0 aromatic heterocycles. The van der Waals surface area contributed by atoms with Crippen molar-refractivity contribution in [1.29, 1.82) is 0 Å². The van der Waals surface area contributed by atoms with Crippen LogP contribution in [0.5, 0.6) is 0 Å². The van der Waals surface area contributed by atoms with Crippen LogP contribution in [0.4, 0.5) is 0 Å². The minimum absolute atomic E-state index is 0.282. The molecular weight excluding hydrogens is 230 g/mol. The molecule has 17 heavy (non-hydrogen) atoms. The van der Waals surface area contributed by atoms with Crippen molar-refractivity contribution in [3.63, 3.8) is 0 Å². The summed E-state index contributed by atoms with van der Waals surface area (Å²) in [5.74, 6) is 0. The Morgan fingerprint density at radius 2 is 1.88 bits per heavy atom. The molecule has 0 fully saturated rings. The van der Waals surface area contributed by atoms with E-state index in [2.05, 4.69) is 48.6 Å². The second-order valence-corrected chi connectivity index (χ2v) is 5.00. The lowest BCUT2D eigenvalue weighted by Gasteiger charge is -2.13. The minimum Gasteiger partial charge on any atom is -0.302 e. The molecule has 1 aliphatic heterocycles.